The molecule has 0 fully saturated rings. The summed E-state index contributed by atoms with van der Waals surface area (Å²) in [4.78, 5) is 29.1. The quantitative estimate of drug-likeness (QED) is 0.662. The Kier molecular flexibility index (Phi) is 3.60. The van der Waals surface area contributed by atoms with Gasteiger partial charge in [-0.3, -0.25) is 9.59 Å². The number of thioether (sulfide) groups is 1. The van der Waals surface area contributed by atoms with E-state index >= 15 is 0 Å². The van der Waals surface area contributed by atoms with E-state index in [1.807, 2.05) is 30.5 Å². The van der Waals surface area contributed by atoms with E-state index in [0.29, 0.717) is 9.49 Å². The summed E-state index contributed by atoms with van der Waals surface area (Å²) in [5.74, 6) is 0. The van der Waals surface area contributed by atoms with Gasteiger partial charge in [0.15, 0.2) is 0 Å². The Morgan fingerprint density at radius 2 is 1.95 bits per heavy atom. The highest BCUT2D eigenvalue weighted by molar-refractivity contribution is 7.98. The molecule has 0 amide bonds. The van der Waals surface area contributed by atoms with Crippen molar-refractivity contribution in [3.63, 3.8) is 0 Å². The van der Waals surface area contributed by atoms with Gasteiger partial charge in [-0.15, -0.1) is 11.8 Å². The molecule has 0 spiro atoms. The van der Waals surface area contributed by atoms with Crippen molar-refractivity contribution in [1.82, 2.24) is 14.6 Å². The number of aryl methyl sites for hydroxylation is 1. The SMILES string of the molecule is CSc1ccc(/C=c2\sc3nc(=O)c(C)nn3c2=O)cc1. The number of hydrogen-bond acceptors (Lipinski definition) is 6. The lowest BCUT2D eigenvalue weighted by Gasteiger charge is -1.95. The molecule has 0 saturated heterocycles. The van der Waals surface area contributed by atoms with E-state index in [-0.39, 0.29) is 11.3 Å². The second-order valence-corrected chi connectivity index (χ2v) is 6.27. The molecule has 7 heteroatoms. The Labute approximate surface area is 128 Å². The van der Waals surface area contributed by atoms with E-state index in [4.69, 9.17) is 0 Å². The van der Waals surface area contributed by atoms with Crippen LogP contribution < -0.4 is 15.7 Å². The Morgan fingerprint density at radius 1 is 1.24 bits per heavy atom. The minimum absolute atomic E-state index is 0.221. The second kappa shape index (κ2) is 5.42. The summed E-state index contributed by atoms with van der Waals surface area (Å²) < 4.78 is 1.70. The van der Waals surface area contributed by atoms with E-state index in [9.17, 15) is 9.59 Å². The summed E-state index contributed by atoms with van der Waals surface area (Å²) in [6.07, 6.45) is 3.80. The van der Waals surface area contributed by atoms with Crippen LogP contribution in [0.2, 0.25) is 0 Å². The lowest BCUT2D eigenvalue weighted by atomic mass is 10.2. The Bertz CT molecular complexity index is 974. The predicted octanol–water partition coefficient (Wildman–Crippen LogP) is 1.09. The largest absolute Gasteiger partial charge is 0.295 e. The minimum Gasteiger partial charge on any atom is -0.266 e. The zero-order valence-corrected chi connectivity index (χ0v) is 13.0. The van der Waals surface area contributed by atoms with Crippen LogP contribution in [0.5, 0.6) is 0 Å². The minimum atomic E-state index is -0.396. The van der Waals surface area contributed by atoms with E-state index in [0.717, 1.165) is 10.5 Å². The molecule has 0 aliphatic rings. The molecule has 0 radical (unpaired) electrons. The van der Waals surface area contributed by atoms with Gasteiger partial charge in [0, 0.05) is 4.90 Å². The van der Waals surface area contributed by atoms with Gasteiger partial charge in [0.1, 0.15) is 5.69 Å². The van der Waals surface area contributed by atoms with Crippen LogP contribution in [0.3, 0.4) is 0 Å². The molecule has 2 aromatic heterocycles. The summed E-state index contributed by atoms with van der Waals surface area (Å²) in [6, 6.07) is 7.90. The number of hydrogen-bond donors (Lipinski definition) is 0. The fourth-order valence-corrected chi connectivity index (χ4v) is 3.15. The number of rotatable bonds is 2. The second-order valence-electron chi connectivity index (χ2n) is 4.39. The van der Waals surface area contributed by atoms with Gasteiger partial charge in [0.2, 0.25) is 4.96 Å². The molecule has 1 aromatic carbocycles. The van der Waals surface area contributed by atoms with Gasteiger partial charge >= 0.3 is 0 Å². The maximum atomic E-state index is 12.3. The van der Waals surface area contributed by atoms with Crippen LogP contribution in [0.15, 0.2) is 38.8 Å². The van der Waals surface area contributed by atoms with E-state index in [1.54, 1.807) is 24.8 Å². The molecule has 0 bridgehead atoms. The molecule has 3 aromatic rings. The van der Waals surface area contributed by atoms with Crippen molar-refractivity contribution in [3.8, 4) is 0 Å². The van der Waals surface area contributed by atoms with Gasteiger partial charge in [-0.2, -0.15) is 14.6 Å². The maximum Gasteiger partial charge on any atom is 0.295 e. The molecular formula is C14H11N3O2S2. The molecule has 106 valence electrons. The Morgan fingerprint density at radius 3 is 2.62 bits per heavy atom. The number of thiazole rings is 1. The maximum absolute atomic E-state index is 12.3. The third-order valence-corrected chi connectivity index (χ3v) is 4.66. The van der Waals surface area contributed by atoms with Crippen LogP contribution in [-0.4, -0.2) is 20.9 Å². The lowest BCUT2D eigenvalue weighted by Crippen LogP contribution is -2.27. The zero-order valence-electron chi connectivity index (χ0n) is 11.4. The number of nitrogens with zero attached hydrogens (tertiary/aromatic N) is 3. The fraction of sp³-hybridized carbons (Fsp3) is 0.143. The first-order valence-electron chi connectivity index (χ1n) is 6.15. The smallest absolute Gasteiger partial charge is 0.266 e. The summed E-state index contributed by atoms with van der Waals surface area (Å²) >= 11 is 2.83. The first-order valence-corrected chi connectivity index (χ1v) is 8.19. The molecule has 21 heavy (non-hydrogen) atoms. The molecular weight excluding hydrogens is 306 g/mol. The van der Waals surface area contributed by atoms with Crippen molar-refractivity contribution >= 4 is 34.1 Å². The third-order valence-electron chi connectivity index (χ3n) is 2.96. The summed E-state index contributed by atoms with van der Waals surface area (Å²) in [5, 5.41) is 3.98. The average molecular weight is 317 g/mol. The molecule has 3 rings (SSSR count). The predicted molar refractivity (Wildman–Crippen MR) is 85.1 cm³/mol. The molecule has 2 heterocycles. The van der Waals surface area contributed by atoms with Crippen molar-refractivity contribution in [2.45, 2.75) is 11.8 Å². The van der Waals surface area contributed by atoms with Crippen molar-refractivity contribution in [2.75, 3.05) is 6.26 Å². The van der Waals surface area contributed by atoms with Gasteiger partial charge in [0.05, 0.1) is 4.53 Å². The molecule has 0 unspecified atom stereocenters. The normalized spacial score (nSPS) is 12.2. The molecule has 0 saturated carbocycles. The highest BCUT2D eigenvalue weighted by Crippen LogP contribution is 2.15. The van der Waals surface area contributed by atoms with Gasteiger partial charge in [-0.05, 0) is 37.0 Å². The molecule has 0 aliphatic heterocycles. The number of fused-ring (bicyclic) bond motifs is 1. The molecule has 0 aliphatic carbocycles. The van der Waals surface area contributed by atoms with Crippen LogP contribution in [0, 0.1) is 6.92 Å². The van der Waals surface area contributed by atoms with E-state index in [1.165, 1.54) is 15.9 Å². The van der Waals surface area contributed by atoms with Crippen molar-refractivity contribution in [3.05, 3.63) is 60.8 Å². The van der Waals surface area contributed by atoms with Crippen LogP contribution in [0.25, 0.3) is 11.0 Å². The van der Waals surface area contributed by atoms with Crippen molar-refractivity contribution in [1.29, 1.82) is 0 Å². The van der Waals surface area contributed by atoms with Crippen molar-refractivity contribution in [2.24, 2.45) is 0 Å². The van der Waals surface area contributed by atoms with E-state index in [2.05, 4.69) is 10.1 Å². The van der Waals surface area contributed by atoms with Gasteiger partial charge in [-0.1, -0.05) is 23.5 Å². The first-order chi connectivity index (χ1) is 10.1. The van der Waals surface area contributed by atoms with Crippen LogP contribution in [0.1, 0.15) is 11.3 Å². The number of aromatic nitrogens is 3. The van der Waals surface area contributed by atoms with Gasteiger partial charge in [0.25, 0.3) is 11.1 Å². The monoisotopic (exact) mass is 317 g/mol. The molecule has 5 nitrogen and oxygen atoms in total. The summed E-state index contributed by atoms with van der Waals surface area (Å²) in [6.45, 7) is 1.55. The molecule has 0 atom stereocenters. The first kappa shape index (κ1) is 14.0. The van der Waals surface area contributed by atoms with Crippen LogP contribution >= 0.6 is 23.1 Å². The number of benzene rings is 1. The fourth-order valence-electron chi connectivity index (χ4n) is 1.84. The summed E-state index contributed by atoms with van der Waals surface area (Å²) in [5.41, 5.74) is 0.501. The standard InChI is InChI=1S/C14H11N3O2S2/c1-8-12(18)15-14-17(16-8)13(19)11(21-14)7-9-3-5-10(20-2)6-4-9/h3-7H,1-2H3/b11-7-. The van der Waals surface area contributed by atoms with Gasteiger partial charge in [-0.25, -0.2) is 0 Å². The third kappa shape index (κ3) is 2.62. The van der Waals surface area contributed by atoms with E-state index < -0.39 is 5.56 Å². The highest BCUT2D eigenvalue weighted by atomic mass is 32.2. The summed E-state index contributed by atoms with van der Waals surface area (Å²) in [7, 11) is 0. The molecule has 0 N–H and O–H groups in total. The average Bonchev–Trinajstić information content (AvgIpc) is 2.77. The Hall–Kier alpha value is -1.99. The van der Waals surface area contributed by atoms with Crippen LogP contribution in [0.4, 0.5) is 0 Å². The zero-order chi connectivity index (χ0) is 15.0. The Balaban J connectivity index is 2.19. The highest BCUT2D eigenvalue weighted by Gasteiger charge is 2.08. The lowest BCUT2D eigenvalue weighted by molar-refractivity contribution is 0.833. The topological polar surface area (TPSA) is 64.3 Å². The van der Waals surface area contributed by atoms with Crippen molar-refractivity contribution < 1.29 is 0 Å². The van der Waals surface area contributed by atoms with Gasteiger partial charge < -0.3 is 0 Å². The van der Waals surface area contributed by atoms with Crippen LogP contribution in [-0.2, 0) is 0 Å².